The van der Waals surface area contributed by atoms with E-state index in [0.29, 0.717) is 0 Å². The fourth-order valence-electron chi connectivity index (χ4n) is 1.93. The first-order chi connectivity index (χ1) is 6.10. The van der Waals surface area contributed by atoms with Crippen LogP contribution in [0.5, 0.6) is 0 Å². The summed E-state index contributed by atoms with van der Waals surface area (Å²) in [7, 11) is 2.23. The first-order valence-electron chi connectivity index (χ1n) is 5.78. The van der Waals surface area contributed by atoms with Crippen molar-refractivity contribution in [1.82, 2.24) is 4.90 Å². The number of rotatable bonds is 7. The van der Waals surface area contributed by atoms with Gasteiger partial charge in [0.05, 0.1) is 0 Å². The Hall–Kier alpha value is -0.0400. The van der Waals surface area contributed by atoms with Gasteiger partial charge in [0.2, 0.25) is 0 Å². The van der Waals surface area contributed by atoms with Gasteiger partial charge in [0.25, 0.3) is 0 Å². The zero-order chi connectivity index (χ0) is 10.3. The Balaban J connectivity index is 3.78. The van der Waals surface area contributed by atoms with Crippen molar-refractivity contribution in [3.8, 4) is 0 Å². The summed E-state index contributed by atoms with van der Waals surface area (Å²) in [5.41, 5.74) is 0. The lowest BCUT2D eigenvalue weighted by Crippen LogP contribution is -2.26. The van der Waals surface area contributed by atoms with Crippen LogP contribution in [0.15, 0.2) is 0 Å². The first-order valence-corrected chi connectivity index (χ1v) is 5.78. The van der Waals surface area contributed by atoms with Crippen molar-refractivity contribution < 1.29 is 0 Å². The molecule has 0 amide bonds. The molecule has 0 fully saturated rings. The van der Waals surface area contributed by atoms with Gasteiger partial charge >= 0.3 is 0 Å². The molecule has 0 saturated heterocycles. The fourth-order valence-corrected chi connectivity index (χ4v) is 1.93. The second-order valence-electron chi connectivity index (χ2n) is 4.64. The molecule has 0 N–H and O–H groups in total. The Kier molecular flexibility index (Phi) is 7.35. The molecule has 0 rings (SSSR count). The lowest BCUT2D eigenvalue weighted by Gasteiger charge is -2.24. The molecular formula is C12H27N. The summed E-state index contributed by atoms with van der Waals surface area (Å²) in [6, 6.07) is 0. The van der Waals surface area contributed by atoms with E-state index in [2.05, 4.69) is 39.6 Å². The summed E-state index contributed by atoms with van der Waals surface area (Å²) in [6.07, 6.45) is 4.11. The molecule has 80 valence electrons. The summed E-state index contributed by atoms with van der Waals surface area (Å²) in [5, 5.41) is 0. The number of hydrogen-bond acceptors (Lipinski definition) is 1. The zero-order valence-corrected chi connectivity index (χ0v) is 10.1. The highest BCUT2D eigenvalue weighted by Gasteiger charge is 2.11. The van der Waals surface area contributed by atoms with Crippen LogP contribution in [-0.2, 0) is 0 Å². The molecule has 0 spiro atoms. The van der Waals surface area contributed by atoms with Crippen molar-refractivity contribution in [2.45, 2.75) is 47.0 Å². The van der Waals surface area contributed by atoms with Gasteiger partial charge in [-0.25, -0.2) is 0 Å². The molecule has 0 aliphatic heterocycles. The van der Waals surface area contributed by atoms with Crippen LogP contribution in [0.2, 0.25) is 0 Å². The summed E-state index contributed by atoms with van der Waals surface area (Å²) in [6.45, 7) is 11.6. The summed E-state index contributed by atoms with van der Waals surface area (Å²) < 4.78 is 0. The monoisotopic (exact) mass is 185 g/mol. The molecule has 0 aromatic rings. The topological polar surface area (TPSA) is 3.24 Å². The number of nitrogens with zero attached hydrogens (tertiary/aromatic N) is 1. The highest BCUT2D eigenvalue weighted by atomic mass is 15.1. The average molecular weight is 185 g/mol. The van der Waals surface area contributed by atoms with Crippen LogP contribution in [0.25, 0.3) is 0 Å². The van der Waals surface area contributed by atoms with Gasteiger partial charge < -0.3 is 4.90 Å². The van der Waals surface area contributed by atoms with Gasteiger partial charge in [0, 0.05) is 6.54 Å². The highest BCUT2D eigenvalue weighted by molar-refractivity contribution is 4.64. The molecule has 1 atom stereocenters. The van der Waals surface area contributed by atoms with Crippen LogP contribution in [0, 0.1) is 11.8 Å². The van der Waals surface area contributed by atoms with Crippen molar-refractivity contribution in [3.05, 3.63) is 0 Å². The van der Waals surface area contributed by atoms with Gasteiger partial charge in [0.15, 0.2) is 0 Å². The van der Waals surface area contributed by atoms with E-state index in [4.69, 9.17) is 0 Å². The third-order valence-electron chi connectivity index (χ3n) is 2.61. The second-order valence-corrected chi connectivity index (χ2v) is 4.64. The van der Waals surface area contributed by atoms with Crippen LogP contribution in [0.4, 0.5) is 0 Å². The van der Waals surface area contributed by atoms with E-state index >= 15 is 0 Å². The Morgan fingerprint density at radius 3 is 2.15 bits per heavy atom. The maximum Gasteiger partial charge on any atom is 0.000659 e. The van der Waals surface area contributed by atoms with Gasteiger partial charge in [-0.1, -0.05) is 34.1 Å². The molecular weight excluding hydrogens is 158 g/mol. The molecule has 0 heterocycles. The van der Waals surface area contributed by atoms with Crippen molar-refractivity contribution in [2.24, 2.45) is 11.8 Å². The van der Waals surface area contributed by atoms with Crippen molar-refractivity contribution in [1.29, 1.82) is 0 Å². The molecule has 0 aromatic carbocycles. The molecule has 0 saturated carbocycles. The standard InChI is InChI=1S/C12H27N/c1-6-8-12(9-11(3)4)10-13(5)7-2/h11-12H,6-10H2,1-5H3. The van der Waals surface area contributed by atoms with E-state index in [9.17, 15) is 0 Å². The molecule has 0 radical (unpaired) electrons. The normalized spacial score (nSPS) is 14.1. The minimum atomic E-state index is 0.849. The Labute approximate surface area is 84.5 Å². The number of hydrogen-bond donors (Lipinski definition) is 0. The maximum atomic E-state index is 2.43. The molecule has 0 bridgehead atoms. The van der Waals surface area contributed by atoms with E-state index < -0.39 is 0 Å². The summed E-state index contributed by atoms with van der Waals surface area (Å²) >= 11 is 0. The molecule has 0 aliphatic carbocycles. The smallest absolute Gasteiger partial charge is 0.000659 e. The fraction of sp³-hybridized carbons (Fsp3) is 1.00. The van der Waals surface area contributed by atoms with Crippen LogP contribution < -0.4 is 0 Å². The highest BCUT2D eigenvalue weighted by Crippen LogP contribution is 2.17. The van der Waals surface area contributed by atoms with Gasteiger partial charge in [0.1, 0.15) is 0 Å². The zero-order valence-electron chi connectivity index (χ0n) is 10.1. The first kappa shape index (κ1) is 13.0. The molecule has 1 nitrogen and oxygen atoms in total. The Morgan fingerprint density at radius 1 is 1.15 bits per heavy atom. The summed E-state index contributed by atoms with van der Waals surface area (Å²) in [5.74, 6) is 1.76. The minimum absolute atomic E-state index is 0.849. The van der Waals surface area contributed by atoms with Crippen LogP contribution in [-0.4, -0.2) is 25.0 Å². The quantitative estimate of drug-likeness (QED) is 0.587. The molecule has 1 unspecified atom stereocenters. The molecule has 0 aliphatic rings. The Morgan fingerprint density at radius 2 is 1.77 bits per heavy atom. The van der Waals surface area contributed by atoms with Gasteiger partial charge in [-0.05, 0) is 38.3 Å². The van der Waals surface area contributed by atoms with Crippen LogP contribution >= 0.6 is 0 Å². The molecule has 13 heavy (non-hydrogen) atoms. The van der Waals surface area contributed by atoms with E-state index in [1.165, 1.54) is 32.4 Å². The van der Waals surface area contributed by atoms with Crippen LogP contribution in [0.3, 0.4) is 0 Å². The van der Waals surface area contributed by atoms with Crippen LogP contribution in [0.1, 0.15) is 47.0 Å². The van der Waals surface area contributed by atoms with E-state index in [-0.39, 0.29) is 0 Å². The average Bonchev–Trinajstić information content (AvgIpc) is 2.03. The van der Waals surface area contributed by atoms with Crippen molar-refractivity contribution in [3.63, 3.8) is 0 Å². The molecule has 0 aromatic heterocycles. The third kappa shape index (κ3) is 7.06. The van der Waals surface area contributed by atoms with Crippen molar-refractivity contribution in [2.75, 3.05) is 20.1 Å². The van der Waals surface area contributed by atoms with Crippen molar-refractivity contribution >= 4 is 0 Å². The van der Waals surface area contributed by atoms with Gasteiger partial charge in [-0.2, -0.15) is 0 Å². The van der Waals surface area contributed by atoms with E-state index in [1.807, 2.05) is 0 Å². The summed E-state index contributed by atoms with van der Waals surface area (Å²) in [4.78, 5) is 2.43. The SMILES string of the molecule is CCCC(CC(C)C)CN(C)CC. The Bertz CT molecular complexity index is 110. The predicted octanol–water partition coefficient (Wildman–Crippen LogP) is 3.40. The minimum Gasteiger partial charge on any atom is -0.306 e. The third-order valence-corrected chi connectivity index (χ3v) is 2.61. The lowest BCUT2D eigenvalue weighted by molar-refractivity contribution is 0.250. The largest absolute Gasteiger partial charge is 0.306 e. The van der Waals surface area contributed by atoms with Gasteiger partial charge in [-0.3, -0.25) is 0 Å². The van der Waals surface area contributed by atoms with Gasteiger partial charge in [-0.15, -0.1) is 0 Å². The van der Waals surface area contributed by atoms with E-state index in [0.717, 1.165) is 11.8 Å². The lowest BCUT2D eigenvalue weighted by atomic mass is 9.93. The maximum absolute atomic E-state index is 2.43. The predicted molar refractivity (Wildman–Crippen MR) is 61.0 cm³/mol. The molecule has 1 heteroatoms. The second kappa shape index (κ2) is 7.37. The van der Waals surface area contributed by atoms with E-state index in [1.54, 1.807) is 0 Å².